The molecule has 0 spiro atoms. The standard InChI is InChI=1S/C12H11N7OS2/c20-10(6-19-8-13-17-18-19)14-11-15-16-12(22-11)21-7-9-4-2-1-3-5-9/h1-5,8H,6-7H2,(H,14,15,20). The Morgan fingerprint density at radius 1 is 1.27 bits per heavy atom. The van der Waals surface area contributed by atoms with Crippen molar-refractivity contribution in [2.24, 2.45) is 0 Å². The van der Waals surface area contributed by atoms with Crippen LogP contribution in [0.1, 0.15) is 5.56 Å². The molecule has 0 aliphatic heterocycles. The summed E-state index contributed by atoms with van der Waals surface area (Å²) in [7, 11) is 0. The first-order valence-electron chi connectivity index (χ1n) is 6.30. The van der Waals surface area contributed by atoms with E-state index in [-0.39, 0.29) is 12.5 Å². The first-order chi connectivity index (χ1) is 10.8. The molecule has 0 aliphatic carbocycles. The highest BCUT2D eigenvalue weighted by Crippen LogP contribution is 2.28. The fraction of sp³-hybridized carbons (Fsp3) is 0.167. The van der Waals surface area contributed by atoms with Gasteiger partial charge < -0.3 is 0 Å². The fourth-order valence-electron chi connectivity index (χ4n) is 1.60. The monoisotopic (exact) mass is 333 g/mol. The molecule has 10 heteroatoms. The minimum Gasteiger partial charge on any atom is -0.299 e. The minimum absolute atomic E-state index is 0.0407. The molecule has 0 atom stereocenters. The molecular formula is C12H11N7OS2. The molecule has 0 unspecified atom stereocenters. The zero-order valence-corrected chi connectivity index (χ0v) is 12.9. The molecule has 1 aromatic carbocycles. The van der Waals surface area contributed by atoms with Crippen molar-refractivity contribution in [3.05, 3.63) is 42.2 Å². The quantitative estimate of drug-likeness (QED) is 0.538. The highest BCUT2D eigenvalue weighted by molar-refractivity contribution is 8.00. The van der Waals surface area contributed by atoms with E-state index in [4.69, 9.17) is 0 Å². The Morgan fingerprint density at radius 2 is 2.14 bits per heavy atom. The summed E-state index contributed by atoms with van der Waals surface area (Å²) in [5.74, 6) is 0.566. The van der Waals surface area contributed by atoms with Crippen LogP contribution in [-0.2, 0) is 17.1 Å². The number of aromatic nitrogens is 6. The number of nitrogens with one attached hydrogen (secondary N) is 1. The van der Waals surface area contributed by atoms with E-state index in [2.05, 4.69) is 43.2 Å². The summed E-state index contributed by atoms with van der Waals surface area (Å²) in [5, 5.41) is 21.7. The van der Waals surface area contributed by atoms with Crippen LogP contribution in [0.2, 0.25) is 0 Å². The molecule has 2 heterocycles. The third kappa shape index (κ3) is 4.09. The SMILES string of the molecule is O=C(Cn1cnnn1)Nc1nnc(SCc2ccccc2)s1. The van der Waals surface area contributed by atoms with Crippen LogP contribution in [0.15, 0.2) is 41.0 Å². The number of rotatable bonds is 6. The molecule has 0 saturated carbocycles. The molecule has 0 fully saturated rings. The van der Waals surface area contributed by atoms with E-state index in [1.54, 1.807) is 11.8 Å². The Morgan fingerprint density at radius 3 is 2.91 bits per heavy atom. The molecular weight excluding hydrogens is 322 g/mol. The highest BCUT2D eigenvalue weighted by atomic mass is 32.2. The molecule has 22 heavy (non-hydrogen) atoms. The average molecular weight is 333 g/mol. The number of carbonyl (C=O) groups excluding carboxylic acids is 1. The number of hydrogen-bond donors (Lipinski definition) is 1. The molecule has 0 bridgehead atoms. The Balaban J connectivity index is 1.51. The van der Waals surface area contributed by atoms with Gasteiger partial charge in [0.25, 0.3) is 0 Å². The normalized spacial score (nSPS) is 10.5. The topological polar surface area (TPSA) is 98.5 Å². The molecule has 112 valence electrons. The summed E-state index contributed by atoms with van der Waals surface area (Å²) in [5.41, 5.74) is 1.21. The zero-order valence-electron chi connectivity index (χ0n) is 11.3. The smallest absolute Gasteiger partial charge is 0.248 e. The van der Waals surface area contributed by atoms with E-state index in [0.29, 0.717) is 5.13 Å². The third-order valence-electron chi connectivity index (χ3n) is 2.56. The molecule has 3 aromatic rings. The number of benzene rings is 1. The van der Waals surface area contributed by atoms with Gasteiger partial charge in [-0.2, -0.15) is 0 Å². The predicted molar refractivity (Wildman–Crippen MR) is 82.4 cm³/mol. The summed E-state index contributed by atoms with van der Waals surface area (Å²) in [4.78, 5) is 11.8. The highest BCUT2D eigenvalue weighted by Gasteiger charge is 2.09. The Bertz CT molecular complexity index is 729. The zero-order chi connectivity index (χ0) is 15.2. The van der Waals surface area contributed by atoms with E-state index in [1.807, 2.05) is 18.2 Å². The minimum atomic E-state index is -0.247. The van der Waals surface area contributed by atoms with Crippen LogP contribution in [-0.4, -0.2) is 36.3 Å². The van der Waals surface area contributed by atoms with E-state index in [9.17, 15) is 4.79 Å². The van der Waals surface area contributed by atoms with Gasteiger partial charge in [0.05, 0.1) is 0 Å². The number of tetrazole rings is 1. The first kappa shape index (κ1) is 14.6. The van der Waals surface area contributed by atoms with Crippen molar-refractivity contribution in [3.63, 3.8) is 0 Å². The second-order valence-electron chi connectivity index (χ2n) is 4.20. The first-order valence-corrected chi connectivity index (χ1v) is 8.10. The number of thioether (sulfide) groups is 1. The van der Waals surface area contributed by atoms with Crippen molar-refractivity contribution in [2.45, 2.75) is 16.6 Å². The lowest BCUT2D eigenvalue weighted by atomic mass is 10.2. The average Bonchev–Trinajstić information content (AvgIpc) is 3.18. The Hall–Kier alpha value is -2.33. The maximum Gasteiger partial charge on any atom is 0.248 e. The molecule has 3 rings (SSSR count). The summed E-state index contributed by atoms with van der Waals surface area (Å²) in [6.07, 6.45) is 1.38. The van der Waals surface area contributed by atoms with Gasteiger partial charge in [0.2, 0.25) is 11.0 Å². The van der Waals surface area contributed by atoms with Gasteiger partial charge in [-0.05, 0) is 16.0 Å². The molecule has 0 saturated heterocycles. The molecule has 0 radical (unpaired) electrons. The number of hydrogen-bond acceptors (Lipinski definition) is 8. The summed E-state index contributed by atoms with van der Waals surface area (Å²) < 4.78 is 2.14. The van der Waals surface area contributed by atoms with Crippen LogP contribution in [0.4, 0.5) is 5.13 Å². The van der Waals surface area contributed by atoms with Crippen molar-refractivity contribution < 1.29 is 4.79 Å². The second-order valence-corrected chi connectivity index (χ2v) is 6.40. The van der Waals surface area contributed by atoms with Gasteiger partial charge in [-0.15, -0.1) is 15.3 Å². The van der Waals surface area contributed by atoms with Crippen molar-refractivity contribution in [2.75, 3.05) is 5.32 Å². The Kier molecular flexibility index (Phi) is 4.71. The lowest BCUT2D eigenvalue weighted by Crippen LogP contribution is -2.19. The van der Waals surface area contributed by atoms with Crippen molar-refractivity contribution >= 4 is 34.1 Å². The van der Waals surface area contributed by atoms with Gasteiger partial charge in [-0.3, -0.25) is 10.1 Å². The molecule has 1 N–H and O–H groups in total. The summed E-state index contributed by atoms with van der Waals surface area (Å²) >= 11 is 2.92. The predicted octanol–water partition coefficient (Wildman–Crippen LogP) is 1.46. The number of nitrogens with zero attached hydrogens (tertiary/aromatic N) is 6. The van der Waals surface area contributed by atoms with Crippen LogP contribution < -0.4 is 5.32 Å². The van der Waals surface area contributed by atoms with Gasteiger partial charge in [0, 0.05) is 5.75 Å². The van der Waals surface area contributed by atoms with E-state index < -0.39 is 0 Å². The van der Waals surface area contributed by atoms with Crippen LogP contribution in [0.25, 0.3) is 0 Å². The fourth-order valence-corrected chi connectivity index (χ4v) is 3.32. The van der Waals surface area contributed by atoms with Gasteiger partial charge in [-0.1, -0.05) is 53.4 Å². The molecule has 8 nitrogen and oxygen atoms in total. The third-order valence-corrected chi connectivity index (χ3v) is 4.60. The van der Waals surface area contributed by atoms with Crippen molar-refractivity contribution in [1.82, 2.24) is 30.4 Å². The van der Waals surface area contributed by atoms with Gasteiger partial charge in [0.15, 0.2) is 4.34 Å². The summed E-state index contributed by atoms with van der Waals surface area (Å²) in [6.45, 7) is 0.0407. The lowest BCUT2D eigenvalue weighted by Gasteiger charge is -1.99. The largest absolute Gasteiger partial charge is 0.299 e. The maximum absolute atomic E-state index is 11.8. The molecule has 1 amide bonds. The second kappa shape index (κ2) is 7.09. The number of carbonyl (C=O) groups is 1. The lowest BCUT2D eigenvalue weighted by molar-refractivity contribution is -0.116. The maximum atomic E-state index is 11.8. The van der Waals surface area contributed by atoms with E-state index >= 15 is 0 Å². The van der Waals surface area contributed by atoms with Gasteiger partial charge in [0.1, 0.15) is 12.9 Å². The van der Waals surface area contributed by atoms with Crippen LogP contribution in [0, 0.1) is 0 Å². The molecule has 0 aliphatic rings. The molecule has 2 aromatic heterocycles. The van der Waals surface area contributed by atoms with Crippen LogP contribution in [0.5, 0.6) is 0 Å². The number of amides is 1. The van der Waals surface area contributed by atoms with Crippen LogP contribution in [0.3, 0.4) is 0 Å². The van der Waals surface area contributed by atoms with E-state index in [0.717, 1.165) is 10.1 Å². The van der Waals surface area contributed by atoms with Gasteiger partial charge in [-0.25, -0.2) is 4.68 Å². The van der Waals surface area contributed by atoms with Crippen molar-refractivity contribution in [3.8, 4) is 0 Å². The van der Waals surface area contributed by atoms with Crippen LogP contribution >= 0.6 is 23.1 Å². The number of anilines is 1. The van der Waals surface area contributed by atoms with E-state index in [1.165, 1.54) is 27.9 Å². The van der Waals surface area contributed by atoms with Gasteiger partial charge >= 0.3 is 0 Å². The Labute approximate surface area is 134 Å². The van der Waals surface area contributed by atoms with Crippen molar-refractivity contribution in [1.29, 1.82) is 0 Å². The summed E-state index contributed by atoms with van der Waals surface area (Å²) in [6, 6.07) is 10.1.